The first-order valence-corrected chi connectivity index (χ1v) is 7.40. The van der Waals surface area contributed by atoms with Crippen molar-refractivity contribution in [3.63, 3.8) is 0 Å². The molecule has 1 amide bonds. The maximum Gasteiger partial charge on any atom is 0.252 e. The lowest BCUT2D eigenvalue weighted by atomic mass is 10.1. The fourth-order valence-electron chi connectivity index (χ4n) is 2.32. The Bertz CT molecular complexity index is 861. The van der Waals surface area contributed by atoms with Crippen LogP contribution in [-0.2, 0) is 0 Å². The topological polar surface area (TPSA) is 75.4 Å². The molecule has 2 aromatic carbocycles. The number of oxazole rings is 1. The summed E-state index contributed by atoms with van der Waals surface area (Å²) < 4.78 is 19.5. The molecule has 2 N–H and O–H groups in total. The van der Waals surface area contributed by atoms with Crippen molar-refractivity contribution in [3.05, 3.63) is 66.1 Å². The molecule has 0 saturated carbocycles. The van der Waals surface area contributed by atoms with Gasteiger partial charge in [0.15, 0.2) is 5.76 Å². The van der Waals surface area contributed by atoms with E-state index in [0.717, 1.165) is 0 Å². The summed E-state index contributed by atoms with van der Waals surface area (Å²) in [7, 11) is 0. The van der Waals surface area contributed by atoms with Crippen LogP contribution in [0, 0.1) is 5.82 Å². The molecule has 122 valence electrons. The lowest BCUT2D eigenvalue weighted by Gasteiger charge is -2.07. The van der Waals surface area contributed by atoms with Crippen molar-refractivity contribution in [1.82, 2.24) is 10.3 Å². The predicted octanol–water partition coefficient (Wildman–Crippen LogP) is 2.87. The number of nitrogens with one attached hydrogen (secondary N) is 1. The van der Waals surface area contributed by atoms with E-state index in [1.807, 2.05) is 0 Å². The molecule has 0 aliphatic rings. The smallest absolute Gasteiger partial charge is 0.252 e. The van der Waals surface area contributed by atoms with Crippen molar-refractivity contribution in [3.8, 4) is 22.8 Å². The molecular weight excluding hydrogens is 311 g/mol. The number of aliphatic hydroxyl groups is 1. The van der Waals surface area contributed by atoms with Gasteiger partial charge < -0.3 is 14.8 Å². The van der Waals surface area contributed by atoms with Crippen molar-refractivity contribution in [2.24, 2.45) is 0 Å². The average molecular weight is 326 g/mol. The predicted molar refractivity (Wildman–Crippen MR) is 86.8 cm³/mol. The van der Waals surface area contributed by atoms with Gasteiger partial charge in [-0.3, -0.25) is 4.79 Å². The lowest BCUT2D eigenvalue weighted by molar-refractivity contribution is 0.0945. The van der Waals surface area contributed by atoms with Crippen LogP contribution in [0.2, 0.25) is 0 Å². The van der Waals surface area contributed by atoms with Crippen LogP contribution in [0.5, 0.6) is 0 Å². The summed E-state index contributed by atoms with van der Waals surface area (Å²) in [4.78, 5) is 16.3. The molecule has 24 heavy (non-hydrogen) atoms. The summed E-state index contributed by atoms with van der Waals surface area (Å²) in [6, 6.07) is 13.0. The Morgan fingerprint density at radius 3 is 2.58 bits per heavy atom. The minimum Gasteiger partial charge on any atom is -0.436 e. The average Bonchev–Trinajstić information content (AvgIpc) is 3.09. The quantitative estimate of drug-likeness (QED) is 0.756. The number of rotatable bonds is 5. The Hall–Kier alpha value is -2.99. The van der Waals surface area contributed by atoms with E-state index in [9.17, 15) is 9.18 Å². The highest BCUT2D eigenvalue weighted by Crippen LogP contribution is 2.29. The number of aromatic nitrogens is 1. The molecule has 6 heteroatoms. The zero-order valence-electron chi connectivity index (χ0n) is 12.7. The number of carbonyl (C=O) groups excluding carboxylic acids is 1. The molecule has 1 heterocycles. The Balaban J connectivity index is 1.96. The third kappa shape index (κ3) is 3.18. The summed E-state index contributed by atoms with van der Waals surface area (Å²) in [5, 5.41) is 11.4. The van der Waals surface area contributed by atoms with E-state index in [0.29, 0.717) is 16.7 Å². The van der Waals surface area contributed by atoms with Crippen LogP contribution >= 0.6 is 0 Å². The molecule has 0 fully saturated rings. The van der Waals surface area contributed by atoms with E-state index in [1.165, 1.54) is 12.3 Å². The van der Waals surface area contributed by atoms with E-state index in [1.54, 1.807) is 42.5 Å². The Labute approximate surface area is 137 Å². The second kappa shape index (κ2) is 7.06. The van der Waals surface area contributed by atoms with Crippen molar-refractivity contribution >= 4 is 5.91 Å². The third-order valence-corrected chi connectivity index (χ3v) is 3.44. The molecule has 0 bridgehead atoms. The number of aliphatic hydroxyl groups excluding tert-OH is 1. The monoisotopic (exact) mass is 326 g/mol. The second-order valence-corrected chi connectivity index (χ2v) is 5.03. The molecule has 0 saturated heterocycles. The molecule has 1 aromatic heterocycles. The fraction of sp³-hybridized carbons (Fsp3) is 0.111. The van der Waals surface area contributed by atoms with Gasteiger partial charge in [-0.25, -0.2) is 9.37 Å². The number of hydrogen-bond acceptors (Lipinski definition) is 4. The highest BCUT2D eigenvalue weighted by atomic mass is 19.1. The van der Waals surface area contributed by atoms with Crippen molar-refractivity contribution < 1.29 is 18.7 Å². The Morgan fingerprint density at radius 1 is 1.12 bits per heavy atom. The van der Waals surface area contributed by atoms with Crippen molar-refractivity contribution in [1.29, 1.82) is 0 Å². The summed E-state index contributed by atoms with van der Waals surface area (Å²) in [6.45, 7) is 0.00354. The molecule has 0 radical (unpaired) electrons. The van der Waals surface area contributed by atoms with Crippen LogP contribution in [0.15, 0.2) is 59.1 Å². The van der Waals surface area contributed by atoms with Crippen LogP contribution in [0.3, 0.4) is 0 Å². The Morgan fingerprint density at radius 2 is 1.83 bits per heavy atom. The van der Waals surface area contributed by atoms with Crippen LogP contribution in [0.4, 0.5) is 4.39 Å². The maximum absolute atomic E-state index is 13.9. The third-order valence-electron chi connectivity index (χ3n) is 3.44. The highest BCUT2D eigenvalue weighted by molar-refractivity contribution is 6.00. The minimum atomic E-state index is -0.408. The largest absolute Gasteiger partial charge is 0.436 e. The summed E-state index contributed by atoms with van der Waals surface area (Å²) >= 11 is 0. The van der Waals surface area contributed by atoms with E-state index >= 15 is 0 Å². The highest BCUT2D eigenvalue weighted by Gasteiger charge is 2.17. The Kier molecular flexibility index (Phi) is 4.67. The second-order valence-electron chi connectivity index (χ2n) is 5.03. The first kappa shape index (κ1) is 15.9. The number of amides is 1. The van der Waals surface area contributed by atoms with Crippen molar-refractivity contribution in [2.45, 2.75) is 0 Å². The first-order chi connectivity index (χ1) is 11.7. The van der Waals surface area contributed by atoms with Gasteiger partial charge in [-0.05, 0) is 24.3 Å². The fourth-order valence-corrected chi connectivity index (χ4v) is 2.32. The lowest BCUT2D eigenvalue weighted by Crippen LogP contribution is -2.26. The minimum absolute atomic E-state index is 0.148. The van der Waals surface area contributed by atoms with E-state index in [2.05, 4.69) is 10.3 Å². The van der Waals surface area contributed by atoms with E-state index in [-0.39, 0.29) is 30.7 Å². The number of hydrogen-bond donors (Lipinski definition) is 2. The molecule has 3 rings (SSSR count). The maximum atomic E-state index is 13.9. The molecule has 0 atom stereocenters. The van der Waals surface area contributed by atoms with Crippen LogP contribution < -0.4 is 5.32 Å². The van der Waals surface area contributed by atoms with Gasteiger partial charge in [-0.2, -0.15) is 0 Å². The van der Waals surface area contributed by atoms with Gasteiger partial charge in [-0.15, -0.1) is 0 Å². The number of nitrogens with zero attached hydrogens (tertiary/aromatic N) is 1. The molecule has 0 aliphatic heterocycles. The first-order valence-electron chi connectivity index (χ1n) is 7.40. The van der Waals surface area contributed by atoms with Gasteiger partial charge in [0.1, 0.15) is 5.82 Å². The van der Waals surface area contributed by atoms with Crippen LogP contribution in [0.25, 0.3) is 22.8 Å². The number of carbonyl (C=O) groups is 1. The molecule has 5 nitrogen and oxygen atoms in total. The number of benzene rings is 2. The standard InChI is InChI=1S/C18H15FN2O3/c19-15-8-4-3-7-14(15)16-11-21-18(24-16)13-6-2-1-5-12(13)17(23)20-9-10-22/h1-8,11,22H,9-10H2,(H,20,23). The van der Waals surface area contributed by atoms with Gasteiger partial charge in [0.05, 0.1) is 23.9 Å². The zero-order valence-corrected chi connectivity index (χ0v) is 12.7. The van der Waals surface area contributed by atoms with E-state index in [4.69, 9.17) is 9.52 Å². The molecule has 0 unspecified atom stereocenters. The van der Waals surface area contributed by atoms with Gasteiger partial charge in [-0.1, -0.05) is 24.3 Å². The molecule has 0 spiro atoms. The van der Waals surface area contributed by atoms with Gasteiger partial charge in [0, 0.05) is 12.1 Å². The van der Waals surface area contributed by atoms with E-state index < -0.39 is 5.82 Å². The summed E-state index contributed by atoms with van der Waals surface area (Å²) in [5.41, 5.74) is 1.17. The van der Waals surface area contributed by atoms with Crippen molar-refractivity contribution in [2.75, 3.05) is 13.2 Å². The van der Waals surface area contributed by atoms with Gasteiger partial charge in [0.2, 0.25) is 5.89 Å². The molecule has 0 aliphatic carbocycles. The normalized spacial score (nSPS) is 10.6. The van der Waals surface area contributed by atoms with Gasteiger partial charge in [0.25, 0.3) is 5.91 Å². The van der Waals surface area contributed by atoms with Crippen LogP contribution in [0.1, 0.15) is 10.4 Å². The summed E-state index contributed by atoms with van der Waals surface area (Å²) in [5.74, 6) is -0.240. The number of halogens is 1. The molecule has 3 aromatic rings. The zero-order chi connectivity index (χ0) is 16.9. The molecular formula is C18H15FN2O3. The van der Waals surface area contributed by atoms with Gasteiger partial charge >= 0.3 is 0 Å². The SMILES string of the molecule is O=C(NCCO)c1ccccc1-c1ncc(-c2ccccc2F)o1. The summed E-state index contributed by atoms with van der Waals surface area (Å²) in [6.07, 6.45) is 1.43. The van der Waals surface area contributed by atoms with Crippen LogP contribution in [-0.4, -0.2) is 29.1 Å².